The van der Waals surface area contributed by atoms with E-state index in [1.54, 1.807) is 23.5 Å². The number of hydrogen-bond acceptors (Lipinski definition) is 4. The summed E-state index contributed by atoms with van der Waals surface area (Å²) < 4.78 is 1.95. The lowest BCUT2D eigenvalue weighted by molar-refractivity contribution is -0.118. The molecule has 0 unspecified atom stereocenters. The SMILES string of the molecule is O=C(CSCc1ccc(Cl)cc1Cl)NCc1cn2ccsc2n1. The molecule has 0 aliphatic heterocycles. The van der Waals surface area contributed by atoms with E-state index >= 15 is 0 Å². The smallest absolute Gasteiger partial charge is 0.230 e. The molecule has 0 bridgehead atoms. The molecule has 0 atom stereocenters. The van der Waals surface area contributed by atoms with Crippen LogP contribution in [-0.4, -0.2) is 21.0 Å². The van der Waals surface area contributed by atoms with Crippen molar-refractivity contribution in [2.45, 2.75) is 12.3 Å². The Morgan fingerprint density at radius 1 is 1.39 bits per heavy atom. The summed E-state index contributed by atoms with van der Waals surface area (Å²) in [4.78, 5) is 17.2. The lowest BCUT2D eigenvalue weighted by Gasteiger charge is -2.05. The summed E-state index contributed by atoms with van der Waals surface area (Å²) >= 11 is 15.0. The molecule has 0 spiro atoms. The quantitative estimate of drug-likeness (QED) is 0.689. The van der Waals surface area contributed by atoms with Crippen LogP contribution >= 0.6 is 46.3 Å². The predicted molar refractivity (Wildman–Crippen MR) is 97.5 cm³/mol. The number of aromatic nitrogens is 2. The van der Waals surface area contributed by atoms with Gasteiger partial charge in [0.2, 0.25) is 5.91 Å². The van der Waals surface area contributed by atoms with Gasteiger partial charge in [0.15, 0.2) is 4.96 Å². The third-order valence-electron chi connectivity index (χ3n) is 3.12. The van der Waals surface area contributed by atoms with Gasteiger partial charge in [0, 0.05) is 33.6 Å². The normalized spacial score (nSPS) is 11.0. The standard InChI is InChI=1S/C15H13Cl2N3OS2/c16-11-2-1-10(13(17)5-11)8-22-9-14(21)18-6-12-7-20-3-4-23-15(20)19-12/h1-5,7H,6,8-9H2,(H,18,21). The monoisotopic (exact) mass is 385 g/mol. The molecule has 3 aromatic rings. The van der Waals surface area contributed by atoms with Crippen LogP contribution in [0.4, 0.5) is 0 Å². The van der Waals surface area contributed by atoms with Crippen molar-refractivity contribution in [2.75, 3.05) is 5.75 Å². The van der Waals surface area contributed by atoms with Gasteiger partial charge in [-0.15, -0.1) is 23.1 Å². The van der Waals surface area contributed by atoms with Crippen molar-refractivity contribution in [3.8, 4) is 0 Å². The highest BCUT2D eigenvalue weighted by molar-refractivity contribution is 7.99. The Hall–Kier alpha value is -1.21. The molecule has 2 heterocycles. The maximum absolute atomic E-state index is 11.9. The number of thioether (sulfide) groups is 1. The van der Waals surface area contributed by atoms with Crippen molar-refractivity contribution in [3.05, 3.63) is 57.3 Å². The number of benzene rings is 1. The molecule has 0 saturated carbocycles. The molecule has 8 heteroatoms. The largest absolute Gasteiger partial charge is 0.350 e. The van der Waals surface area contributed by atoms with E-state index in [0.717, 1.165) is 16.2 Å². The van der Waals surface area contributed by atoms with Gasteiger partial charge in [-0.2, -0.15) is 0 Å². The molecule has 2 aromatic heterocycles. The molecule has 0 aliphatic carbocycles. The molecule has 3 rings (SSSR count). The molecule has 1 aromatic carbocycles. The Kier molecular flexibility index (Phi) is 5.48. The van der Waals surface area contributed by atoms with Crippen LogP contribution < -0.4 is 5.32 Å². The Balaban J connectivity index is 1.43. The average molecular weight is 386 g/mol. The predicted octanol–water partition coefficient (Wildman–Crippen LogP) is 4.25. The summed E-state index contributed by atoms with van der Waals surface area (Å²) in [7, 11) is 0. The van der Waals surface area contributed by atoms with Crippen molar-refractivity contribution in [1.82, 2.24) is 14.7 Å². The second-order valence-corrected chi connectivity index (χ2v) is 7.53. The van der Waals surface area contributed by atoms with Crippen molar-refractivity contribution in [3.63, 3.8) is 0 Å². The third kappa shape index (κ3) is 4.41. The van der Waals surface area contributed by atoms with E-state index in [1.807, 2.05) is 28.2 Å². The first kappa shape index (κ1) is 16.6. The fourth-order valence-electron chi connectivity index (χ4n) is 1.99. The lowest BCUT2D eigenvalue weighted by atomic mass is 10.2. The number of hydrogen-bond donors (Lipinski definition) is 1. The van der Waals surface area contributed by atoms with E-state index in [-0.39, 0.29) is 5.91 Å². The maximum Gasteiger partial charge on any atom is 0.230 e. The summed E-state index contributed by atoms with van der Waals surface area (Å²) in [5, 5.41) is 6.09. The van der Waals surface area contributed by atoms with Gasteiger partial charge >= 0.3 is 0 Å². The van der Waals surface area contributed by atoms with Gasteiger partial charge in [-0.3, -0.25) is 9.20 Å². The summed E-state index contributed by atoms with van der Waals surface area (Å²) in [5.74, 6) is 1.03. The van der Waals surface area contributed by atoms with Crippen LogP contribution in [0.5, 0.6) is 0 Å². The molecule has 120 valence electrons. The number of nitrogens with zero attached hydrogens (tertiary/aromatic N) is 2. The van der Waals surface area contributed by atoms with Crippen LogP contribution in [0.1, 0.15) is 11.3 Å². The summed E-state index contributed by atoms with van der Waals surface area (Å²) in [6.45, 7) is 0.440. The molecular formula is C15H13Cl2N3OS2. The van der Waals surface area contributed by atoms with Gasteiger partial charge in [-0.05, 0) is 17.7 Å². The second kappa shape index (κ2) is 7.57. The van der Waals surface area contributed by atoms with Crippen molar-refractivity contribution in [2.24, 2.45) is 0 Å². The first-order valence-electron chi connectivity index (χ1n) is 6.81. The van der Waals surface area contributed by atoms with Crippen LogP contribution in [0, 0.1) is 0 Å². The van der Waals surface area contributed by atoms with E-state index in [1.165, 1.54) is 11.8 Å². The van der Waals surface area contributed by atoms with Gasteiger partial charge < -0.3 is 5.32 Å². The number of halogens is 2. The van der Waals surface area contributed by atoms with Gasteiger partial charge in [0.05, 0.1) is 18.0 Å². The van der Waals surface area contributed by atoms with Crippen LogP contribution in [0.3, 0.4) is 0 Å². The van der Waals surface area contributed by atoms with Crippen molar-refractivity contribution in [1.29, 1.82) is 0 Å². The highest BCUT2D eigenvalue weighted by atomic mass is 35.5. The molecule has 23 heavy (non-hydrogen) atoms. The molecule has 0 aliphatic rings. The zero-order chi connectivity index (χ0) is 16.2. The average Bonchev–Trinajstić information content (AvgIpc) is 3.08. The van der Waals surface area contributed by atoms with Crippen LogP contribution in [0.25, 0.3) is 4.96 Å². The Morgan fingerprint density at radius 2 is 2.26 bits per heavy atom. The highest BCUT2D eigenvalue weighted by Crippen LogP contribution is 2.24. The Morgan fingerprint density at radius 3 is 3.04 bits per heavy atom. The van der Waals surface area contributed by atoms with Crippen molar-refractivity contribution >= 4 is 57.2 Å². The molecule has 0 fully saturated rings. The van der Waals surface area contributed by atoms with E-state index in [0.29, 0.717) is 28.1 Å². The second-order valence-electron chi connectivity index (χ2n) is 4.83. The van der Waals surface area contributed by atoms with Crippen LogP contribution in [0.15, 0.2) is 36.0 Å². The molecule has 0 radical (unpaired) electrons. The minimum atomic E-state index is -0.0172. The fraction of sp³-hybridized carbons (Fsp3) is 0.200. The molecule has 1 amide bonds. The van der Waals surface area contributed by atoms with E-state index < -0.39 is 0 Å². The van der Waals surface area contributed by atoms with Gasteiger partial charge in [0.1, 0.15) is 0 Å². The molecule has 0 saturated heterocycles. The first-order chi connectivity index (χ1) is 11.1. The van der Waals surface area contributed by atoms with Gasteiger partial charge in [-0.1, -0.05) is 29.3 Å². The minimum Gasteiger partial charge on any atom is -0.350 e. The summed E-state index contributed by atoms with van der Waals surface area (Å²) in [5.41, 5.74) is 1.83. The number of amides is 1. The number of thiazole rings is 1. The summed E-state index contributed by atoms with van der Waals surface area (Å²) in [6.07, 6.45) is 3.87. The number of rotatable bonds is 6. The van der Waals surface area contributed by atoms with Crippen LogP contribution in [-0.2, 0) is 17.1 Å². The highest BCUT2D eigenvalue weighted by Gasteiger charge is 2.07. The fourth-order valence-corrected chi connectivity index (χ4v) is 4.13. The van der Waals surface area contributed by atoms with Crippen molar-refractivity contribution < 1.29 is 4.79 Å². The van der Waals surface area contributed by atoms with Gasteiger partial charge in [0.25, 0.3) is 0 Å². The number of carbonyl (C=O) groups is 1. The lowest BCUT2D eigenvalue weighted by Crippen LogP contribution is -2.24. The van der Waals surface area contributed by atoms with E-state index in [2.05, 4.69) is 10.3 Å². The molecule has 4 nitrogen and oxygen atoms in total. The Bertz CT molecular complexity index is 803. The molecular weight excluding hydrogens is 373 g/mol. The first-order valence-corrected chi connectivity index (χ1v) is 9.60. The van der Waals surface area contributed by atoms with E-state index in [9.17, 15) is 4.79 Å². The number of nitrogens with one attached hydrogen (secondary N) is 1. The third-order valence-corrected chi connectivity index (χ3v) is 5.45. The Labute approximate surface area is 151 Å². The van der Waals surface area contributed by atoms with E-state index in [4.69, 9.17) is 23.2 Å². The summed E-state index contributed by atoms with van der Waals surface area (Å²) in [6, 6.07) is 5.39. The minimum absolute atomic E-state index is 0.0172. The number of carbonyl (C=O) groups excluding carboxylic acids is 1. The van der Waals surface area contributed by atoms with Crippen LogP contribution in [0.2, 0.25) is 10.0 Å². The zero-order valence-electron chi connectivity index (χ0n) is 12.0. The number of imidazole rings is 1. The van der Waals surface area contributed by atoms with Gasteiger partial charge in [-0.25, -0.2) is 4.98 Å². The zero-order valence-corrected chi connectivity index (χ0v) is 15.1. The molecule has 1 N–H and O–H groups in total. The maximum atomic E-state index is 11.9. The topological polar surface area (TPSA) is 46.4 Å². The number of fused-ring (bicyclic) bond motifs is 1.